The first-order chi connectivity index (χ1) is 52.6. The summed E-state index contributed by atoms with van der Waals surface area (Å²) in [7, 11) is 10.0. The van der Waals surface area contributed by atoms with Crippen molar-refractivity contribution < 1.29 is 76.9 Å². The Morgan fingerprint density at radius 3 is 1.69 bits per heavy atom. The predicted molar refractivity (Wildman–Crippen MR) is 414 cm³/mol. The van der Waals surface area contributed by atoms with Crippen LogP contribution in [0.3, 0.4) is 0 Å². The summed E-state index contributed by atoms with van der Waals surface area (Å²) in [5.74, 6) is -4.02. The monoisotopic (exact) mass is 1490 g/mol. The smallest absolute Gasteiger partial charge is 0.371 e. The van der Waals surface area contributed by atoms with E-state index in [1.54, 1.807) is 32.6 Å². The lowest BCUT2D eigenvalue weighted by atomic mass is 10.00. The number of methoxy groups -OCH3 is 1. The molecule has 5 heterocycles. The van der Waals surface area contributed by atoms with Gasteiger partial charge in [-0.25, -0.2) is 19.4 Å². The minimum absolute atomic E-state index is 0.0161. The fraction of sp³-hybridized carbons (Fsp3) is 0.268. The highest BCUT2D eigenvalue weighted by atomic mass is 16.6. The zero-order valence-electron chi connectivity index (χ0n) is 61.5. The number of aromatic carboxylic acids is 3. The summed E-state index contributed by atoms with van der Waals surface area (Å²) in [6.45, 7) is 7.97. The van der Waals surface area contributed by atoms with E-state index in [1.165, 1.54) is 63.3 Å². The van der Waals surface area contributed by atoms with Crippen LogP contribution in [0.15, 0.2) is 227 Å². The van der Waals surface area contributed by atoms with E-state index in [-0.39, 0.29) is 87.3 Å². The minimum atomic E-state index is -1.39. The molecule has 0 aliphatic heterocycles. The molecule has 0 fully saturated rings. The normalized spacial score (nSPS) is 11.2. The van der Waals surface area contributed by atoms with Gasteiger partial charge in [-0.05, 0) is 119 Å². The number of nitrogens with two attached hydrogens (primary N) is 1. The van der Waals surface area contributed by atoms with E-state index in [9.17, 15) is 48.9 Å². The standard InChI is InChI=1S/C23H18O11.C19H17NO7.C18H24N2O.C17H21NO.C5H9N3/c24-11-32-20-8-14(27)22-16(4-2-6-18(22)34-20)31-10-12(25)9-30-15-3-1-5-17-21(15)13(26)7-19(33-17)23(28)29;1-3-5-9-16-10(13(21)7-12(18(23)24)20(16)4-2)6-11-14(22)8-15(19(25)26)27-17(9)11;1-19(2)13-14-20(17-7-5-4-6-8-17)15-16-9-11-18(21-3)12-10-16;1-18(2)13-14-19-17(15-9-5-3-6-10-15)16-11-7-4-8-12-16;6-2-1-5-3-7-4-8-5/h1-8,12,24-25H,9-11H2,(H,28,29);6-8H,3-5H2,1-2H3,(H,23,24)(H,25,26);4-12H,13-15H2,1-3H3;3-12,17H,13-14H2,1-2H3;3-4H,1-2,6H2,(H,7,8). The van der Waals surface area contributed by atoms with Crippen molar-refractivity contribution in [2.45, 2.75) is 58.4 Å². The van der Waals surface area contributed by atoms with E-state index < -0.39 is 64.0 Å². The van der Waals surface area contributed by atoms with E-state index in [4.69, 9.17) is 52.9 Å². The van der Waals surface area contributed by atoms with E-state index >= 15 is 0 Å². The number of nitrogens with zero attached hydrogens (tertiary/aromatic N) is 5. The maximum atomic E-state index is 12.6. The van der Waals surface area contributed by atoms with E-state index in [1.807, 2.05) is 31.2 Å². The van der Waals surface area contributed by atoms with E-state index in [0.29, 0.717) is 30.5 Å². The molecule has 572 valence electrons. The molecule has 0 aliphatic carbocycles. The number of aliphatic hydroxyl groups excluding tert-OH is 2. The van der Waals surface area contributed by atoms with Crippen LogP contribution < -0.4 is 51.3 Å². The van der Waals surface area contributed by atoms with E-state index in [2.05, 4.69) is 144 Å². The lowest BCUT2D eigenvalue weighted by Gasteiger charge is -2.26. The Morgan fingerprint density at radius 1 is 0.606 bits per heavy atom. The highest BCUT2D eigenvalue weighted by Gasteiger charge is 2.24. The van der Waals surface area contributed by atoms with Gasteiger partial charge in [-0.1, -0.05) is 116 Å². The van der Waals surface area contributed by atoms with Gasteiger partial charge >= 0.3 is 17.9 Å². The average molecular weight is 1490 g/mol. The molecule has 12 rings (SSSR count). The predicted octanol–water partition coefficient (Wildman–Crippen LogP) is 10.8. The van der Waals surface area contributed by atoms with Crippen LogP contribution in [0.25, 0.3) is 43.8 Å². The molecular formula is C82H89N7O20. The van der Waals surface area contributed by atoms with Crippen molar-refractivity contribution in [2.24, 2.45) is 5.73 Å². The van der Waals surface area contributed by atoms with Crippen LogP contribution in [0.5, 0.6) is 23.2 Å². The lowest BCUT2D eigenvalue weighted by molar-refractivity contribution is 0.0634. The number of aliphatic hydroxyl groups is 2. The van der Waals surface area contributed by atoms with Gasteiger partial charge in [-0.2, -0.15) is 0 Å². The highest BCUT2D eigenvalue weighted by Crippen LogP contribution is 2.31. The Morgan fingerprint density at radius 2 is 1.17 bits per heavy atom. The van der Waals surface area contributed by atoms with Crippen molar-refractivity contribution in [3.8, 4) is 23.2 Å². The van der Waals surface area contributed by atoms with Gasteiger partial charge in [0.15, 0.2) is 28.5 Å². The summed E-state index contributed by atoms with van der Waals surface area (Å²) >= 11 is 0. The molecule has 7 aromatic carbocycles. The van der Waals surface area contributed by atoms with Crippen molar-refractivity contribution in [3.63, 3.8) is 0 Å². The molecule has 0 bridgehead atoms. The lowest BCUT2D eigenvalue weighted by Crippen LogP contribution is -2.31. The zero-order valence-corrected chi connectivity index (χ0v) is 61.5. The molecule has 27 nitrogen and oxygen atoms in total. The molecule has 5 aromatic heterocycles. The summed E-state index contributed by atoms with van der Waals surface area (Å²) < 4.78 is 44.8. The first kappa shape index (κ1) is 82.4. The number of ether oxygens (including phenoxy) is 5. The third-order valence-electron chi connectivity index (χ3n) is 16.6. The molecule has 0 saturated heterocycles. The number of carboxylic acid groups (broad SMARTS) is 3. The molecule has 27 heteroatoms. The summed E-state index contributed by atoms with van der Waals surface area (Å²) in [6.07, 6.45) is 4.19. The molecule has 0 radical (unpaired) electrons. The Balaban J connectivity index is 0.000000180. The number of hydrogen-bond donors (Lipinski definition) is 7. The molecule has 1 atom stereocenters. The zero-order chi connectivity index (χ0) is 78.5. The van der Waals surface area contributed by atoms with Gasteiger partial charge in [-0.3, -0.25) is 19.2 Å². The fourth-order valence-corrected chi connectivity index (χ4v) is 11.4. The number of aromatic nitrogens is 3. The maximum absolute atomic E-state index is 12.6. The summed E-state index contributed by atoms with van der Waals surface area (Å²) in [6, 6.07) is 53.8. The number of pyridine rings is 1. The number of carboxylic acids is 3. The van der Waals surface area contributed by atoms with Crippen LogP contribution in [0, 0.1) is 0 Å². The summed E-state index contributed by atoms with van der Waals surface area (Å²) in [5.41, 5.74) is 10.1. The van der Waals surface area contributed by atoms with E-state index in [0.717, 1.165) is 74.9 Å². The molecule has 0 aliphatic rings. The number of benzene rings is 7. The largest absolute Gasteiger partial charge is 0.497 e. The Hall–Kier alpha value is -12.2. The number of imidazole rings is 1. The topological polar surface area (TPSA) is 376 Å². The number of hydrogen-bond acceptors (Lipinski definition) is 22. The third kappa shape index (κ3) is 23.1. The number of fused-ring (bicyclic) bond motifs is 4. The number of carbonyl (C=O) groups is 3. The minimum Gasteiger partial charge on any atom is -0.497 e. The van der Waals surface area contributed by atoms with Crippen LogP contribution in [0.4, 0.5) is 5.69 Å². The number of para-hydroxylation sites is 1. The number of aromatic amines is 1. The van der Waals surface area contributed by atoms with Crippen molar-refractivity contribution >= 4 is 67.4 Å². The van der Waals surface area contributed by atoms with Crippen LogP contribution >= 0.6 is 0 Å². The third-order valence-corrected chi connectivity index (χ3v) is 16.6. The molecule has 1 unspecified atom stereocenters. The molecule has 0 spiro atoms. The molecule has 8 N–H and O–H groups in total. The van der Waals surface area contributed by atoms with Crippen LogP contribution in [-0.4, -0.2) is 162 Å². The molecule has 0 saturated carbocycles. The van der Waals surface area contributed by atoms with Gasteiger partial charge in [0.05, 0.1) is 37.0 Å². The van der Waals surface area contributed by atoms with Crippen molar-refractivity contribution in [3.05, 3.63) is 281 Å². The van der Waals surface area contributed by atoms with Gasteiger partial charge in [0.25, 0.3) is 5.95 Å². The average Bonchev–Trinajstić information content (AvgIpc) is 0.911. The van der Waals surface area contributed by atoms with Gasteiger partial charge < -0.3 is 92.5 Å². The number of nitrogens with one attached hydrogen (secondary N) is 1. The van der Waals surface area contributed by atoms with Gasteiger partial charge in [0.2, 0.25) is 11.5 Å². The quantitative estimate of drug-likeness (QED) is 0.0169. The Kier molecular flexibility index (Phi) is 31.0. The molecular weight excluding hydrogens is 1400 g/mol. The van der Waals surface area contributed by atoms with Gasteiger partial charge in [0.1, 0.15) is 75.9 Å². The number of aryl methyl sites for hydroxylation is 2. The second-order valence-corrected chi connectivity index (χ2v) is 25.0. The summed E-state index contributed by atoms with van der Waals surface area (Å²) in [5, 5.41) is 47.3. The first-order valence-corrected chi connectivity index (χ1v) is 34.9. The maximum Gasteiger partial charge on any atom is 0.371 e. The molecule has 0 amide bonds. The second-order valence-electron chi connectivity index (χ2n) is 25.0. The van der Waals surface area contributed by atoms with Crippen LogP contribution in [0.2, 0.25) is 0 Å². The molecule has 12 aromatic rings. The Labute approximate surface area is 626 Å². The number of H-pyrrole nitrogens is 1. The highest BCUT2D eigenvalue weighted by molar-refractivity contribution is 6.01. The van der Waals surface area contributed by atoms with Crippen molar-refractivity contribution in [1.29, 1.82) is 0 Å². The molecule has 109 heavy (non-hydrogen) atoms. The summed E-state index contributed by atoms with van der Waals surface area (Å²) in [4.78, 5) is 97.2. The number of likely N-dealkylation sites (N-methyl/N-ethyl adjacent to an activating group) is 2. The Bertz CT molecular complexity index is 5150. The number of anilines is 1. The van der Waals surface area contributed by atoms with Gasteiger partial charge in [-0.15, -0.1) is 0 Å². The van der Waals surface area contributed by atoms with Crippen molar-refractivity contribution in [1.82, 2.24) is 24.3 Å². The first-order valence-electron chi connectivity index (χ1n) is 34.9. The van der Waals surface area contributed by atoms with Gasteiger partial charge in [0, 0.05) is 85.9 Å². The van der Waals surface area contributed by atoms with Crippen LogP contribution in [0.1, 0.15) is 85.9 Å². The SMILES string of the molecule is CCCc1c2oc(C(=O)O)cc(=O)c2cc2c(=O)cc(C(=O)O)n(CC)c12.CN(C)CCOC(c1ccccc1)c1ccccc1.COc1ccc(CN(CCN(C)C)c2ccccc2)cc1.NCCc1cnc[nH]1.O=C(O)c1cc(=O)c2c(OCC(O)COc3cccc4oc(OCO)cc(=O)c34)cccc2o1. The van der Waals surface area contributed by atoms with Crippen molar-refractivity contribution in [2.75, 3.05) is 93.0 Å². The second kappa shape index (κ2) is 41.0. The number of rotatable bonds is 29. The van der Waals surface area contributed by atoms with Crippen LogP contribution in [-0.2, 0) is 30.7 Å². The fourth-order valence-electron chi connectivity index (χ4n) is 11.4.